The molecule has 1 aromatic carbocycles. The van der Waals surface area contributed by atoms with Gasteiger partial charge in [-0.1, -0.05) is 46.4 Å². The Morgan fingerprint density at radius 2 is 0.929 bits per heavy atom. The minimum absolute atomic E-state index is 0.157. The predicted molar refractivity (Wildman–Crippen MR) is 114 cm³/mol. The van der Waals surface area contributed by atoms with E-state index >= 15 is 0 Å². The molecule has 2 heterocycles. The standard InChI is InChI=1S/C18H10Cl4N4O2/c19-15-13(9-25-23-7-11-3-1-5-27-11)16(20)18(22)14(17(15)21)10-26-24-8-12-4-2-6-28-12/h1-10H/b23-7+,24-8?,25-9?,26-10+. The first-order valence-electron chi connectivity index (χ1n) is 7.63. The van der Waals surface area contributed by atoms with Gasteiger partial charge in [0.25, 0.3) is 0 Å². The van der Waals surface area contributed by atoms with Gasteiger partial charge in [0.2, 0.25) is 0 Å². The summed E-state index contributed by atoms with van der Waals surface area (Å²) < 4.78 is 10.2. The molecule has 0 aliphatic rings. The molecule has 0 radical (unpaired) electrons. The van der Waals surface area contributed by atoms with Crippen LogP contribution in [0, 0.1) is 0 Å². The summed E-state index contributed by atoms with van der Waals surface area (Å²) in [7, 11) is 0. The fourth-order valence-electron chi connectivity index (χ4n) is 1.98. The van der Waals surface area contributed by atoms with E-state index in [1.54, 1.807) is 24.3 Å². The van der Waals surface area contributed by atoms with Crippen molar-refractivity contribution in [2.75, 3.05) is 0 Å². The van der Waals surface area contributed by atoms with Crippen LogP contribution in [0.3, 0.4) is 0 Å². The van der Waals surface area contributed by atoms with Crippen LogP contribution in [0.1, 0.15) is 22.6 Å². The second kappa shape index (κ2) is 9.71. The molecule has 0 unspecified atom stereocenters. The van der Waals surface area contributed by atoms with E-state index in [9.17, 15) is 0 Å². The predicted octanol–water partition coefficient (Wildman–Crippen LogP) is 6.39. The lowest BCUT2D eigenvalue weighted by Crippen LogP contribution is -1.95. The lowest BCUT2D eigenvalue weighted by Gasteiger charge is -2.09. The molecule has 0 fully saturated rings. The van der Waals surface area contributed by atoms with Crippen molar-refractivity contribution in [3.8, 4) is 0 Å². The number of hydrogen-bond acceptors (Lipinski definition) is 6. The SMILES string of the molecule is Clc1c(Cl)c(/C=N/N=Cc2ccco2)c(Cl)c(Cl)c1C=N/N=C/c1ccco1. The van der Waals surface area contributed by atoms with Gasteiger partial charge in [0.15, 0.2) is 0 Å². The zero-order valence-electron chi connectivity index (χ0n) is 13.9. The number of benzene rings is 1. The van der Waals surface area contributed by atoms with Gasteiger partial charge in [0.05, 0.1) is 57.5 Å². The Morgan fingerprint density at radius 3 is 1.25 bits per heavy atom. The van der Waals surface area contributed by atoms with Crippen LogP contribution in [0.5, 0.6) is 0 Å². The molecule has 0 bridgehead atoms. The third-order valence-corrected chi connectivity index (χ3v) is 5.06. The number of nitrogens with zero attached hydrogens (tertiary/aromatic N) is 4. The molecule has 3 aromatic rings. The molecule has 10 heteroatoms. The summed E-state index contributed by atoms with van der Waals surface area (Å²) in [4.78, 5) is 0. The molecule has 0 amide bonds. The summed E-state index contributed by atoms with van der Waals surface area (Å²) in [5.41, 5.74) is 0.650. The van der Waals surface area contributed by atoms with Gasteiger partial charge in [-0.3, -0.25) is 0 Å². The maximum atomic E-state index is 6.30. The third kappa shape index (κ3) is 4.91. The minimum Gasteiger partial charge on any atom is -0.463 e. The van der Waals surface area contributed by atoms with Crippen LogP contribution in [0.2, 0.25) is 20.1 Å². The Morgan fingerprint density at radius 1 is 0.571 bits per heavy atom. The molecule has 0 aliphatic carbocycles. The van der Waals surface area contributed by atoms with E-state index in [4.69, 9.17) is 55.2 Å². The van der Waals surface area contributed by atoms with Crippen molar-refractivity contribution >= 4 is 71.3 Å². The lowest BCUT2D eigenvalue weighted by atomic mass is 10.1. The van der Waals surface area contributed by atoms with E-state index in [1.807, 2.05) is 0 Å². The fourth-order valence-corrected chi connectivity index (χ4v) is 3.06. The van der Waals surface area contributed by atoms with E-state index in [0.717, 1.165) is 0 Å². The molecular formula is C18H10Cl4N4O2. The van der Waals surface area contributed by atoms with Gasteiger partial charge in [-0.25, -0.2) is 0 Å². The molecular weight excluding hydrogens is 446 g/mol. The topological polar surface area (TPSA) is 75.7 Å². The maximum absolute atomic E-state index is 6.30. The number of halogens is 4. The Labute approximate surface area is 179 Å². The molecule has 6 nitrogen and oxygen atoms in total. The van der Waals surface area contributed by atoms with E-state index in [-0.39, 0.29) is 20.1 Å². The van der Waals surface area contributed by atoms with Gasteiger partial charge in [-0.2, -0.15) is 20.4 Å². The van der Waals surface area contributed by atoms with Crippen molar-refractivity contribution in [2.45, 2.75) is 0 Å². The Bertz CT molecular complexity index is 942. The quantitative estimate of drug-likeness (QED) is 0.245. The first kappa shape index (κ1) is 20.4. The van der Waals surface area contributed by atoms with Gasteiger partial charge in [-0.15, -0.1) is 0 Å². The molecule has 28 heavy (non-hydrogen) atoms. The Hall–Kier alpha value is -2.38. The zero-order chi connectivity index (χ0) is 19.9. The summed E-state index contributed by atoms with van der Waals surface area (Å²) in [5, 5.41) is 16.1. The zero-order valence-corrected chi connectivity index (χ0v) is 16.9. The van der Waals surface area contributed by atoms with Crippen molar-refractivity contribution in [1.29, 1.82) is 0 Å². The first-order valence-corrected chi connectivity index (χ1v) is 9.15. The van der Waals surface area contributed by atoms with Crippen LogP contribution in [0.25, 0.3) is 0 Å². The lowest BCUT2D eigenvalue weighted by molar-refractivity contribution is 0.560. The van der Waals surface area contributed by atoms with E-state index in [2.05, 4.69) is 20.4 Å². The highest BCUT2D eigenvalue weighted by atomic mass is 35.5. The van der Waals surface area contributed by atoms with Gasteiger partial charge < -0.3 is 8.83 Å². The van der Waals surface area contributed by atoms with Gasteiger partial charge in [-0.05, 0) is 24.3 Å². The third-order valence-electron chi connectivity index (χ3n) is 3.29. The number of rotatable bonds is 6. The van der Waals surface area contributed by atoms with Crippen molar-refractivity contribution < 1.29 is 8.83 Å². The van der Waals surface area contributed by atoms with E-state index in [1.165, 1.54) is 37.4 Å². The summed E-state index contributed by atoms with van der Waals surface area (Å²) in [5.74, 6) is 1.10. The van der Waals surface area contributed by atoms with Crippen LogP contribution in [0.4, 0.5) is 0 Å². The summed E-state index contributed by atoms with van der Waals surface area (Å²) in [6, 6.07) is 6.93. The molecule has 0 aliphatic heterocycles. The average molecular weight is 456 g/mol. The second-order valence-electron chi connectivity index (χ2n) is 5.09. The number of furan rings is 2. The van der Waals surface area contributed by atoms with E-state index < -0.39 is 0 Å². The molecule has 0 spiro atoms. The molecule has 2 aromatic heterocycles. The molecule has 0 N–H and O–H groups in total. The summed E-state index contributed by atoms with van der Waals surface area (Å²) >= 11 is 25.2. The fraction of sp³-hybridized carbons (Fsp3) is 0. The van der Waals surface area contributed by atoms with Crippen LogP contribution >= 0.6 is 46.4 Å². The number of hydrogen-bond donors (Lipinski definition) is 0. The molecule has 142 valence electrons. The maximum Gasteiger partial charge on any atom is 0.146 e. The average Bonchev–Trinajstić information content (AvgIpc) is 3.39. The smallest absolute Gasteiger partial charge is 0.146 e. The van der Waals surface area contributed by atoms with Crippen molar-refractivity contribution in [3.05, 3.63) is 79.5 Å². The summed E-state index contributed by atoms with van der Waals surface area (Å²) in [6.07, 6.45) is 8.60. The van der Waals surface area contributed by atoms with Crippen molar-refractivity contribution in [1.82, 2.24) is 0 Å². The molecule has 0 atom stereocenters. The highest BCUT2D eigenvalue weighted by Crippen LogP contribution is 2.39. The van der Waals surface area contributed by atoms with Crippen molar-refractivity contribution in [3.63, 3.8) is 0 Å². The summed E-state index contributed by atoms with van der Waals surface area (Å²) in [6.45, 7) is 0. The minimum atomic E-state index is 0.157. The first-order chi connectivity index (χ1) is 13.6. The van der Waals surface area contributed by atoms with Crippen LogP contribution < -0.4 is 0 Å². The van der Waals surface area contributed by atoms with Crippen LogP contribution in [-0.2, 0) is 0 Å². The van der Waals surface area contributed by atoms with Gasteiger partial charge >= 0.3 is 0 Å². The largest absolute Gasteiger partial charge is 0.463 e. The highest BCUT2D eigenvalue weighted by molar-refractivity contribution is 6.51. The molecule has 3 rings (SSSR count). The highest BCUT2D eigenvalue weighted by Gasteiger charge is 2.18. The van der Waals surface area contributed by atoms with Crippen LogP contribution in [-0.4, -0.2) is 24.9 Å². The molecule has 0 saturated carbocycles. The van der Waals surface area contributed by atoms with Crippen LogP contribution in [0.15, 0.2) is 66.0 Å². The van der Waals surface area contributed by atoms with Gasteiger partial charge in [0.1, 0.15) is 11.5 Å². The molecule has 0 saturated heterocycles. The second-order valence-corrected chi connectivity index (χ2v) is 6.60. The normalized spacial score (nSPS) is 12.4. The Kier molecular flexibility index (Phi) is 7.06. The van der Waals surface area contributed by atoms with Crippen molar-refractivity contribution in [2.24, 2.45) is 20.4 Å². The monoisotopic (exact) mass is 454 g/mol. The van der Waals surface area contributed by atoms with Gasteiger partial charge in [0, 0.05) is 11.1 Å². The Balaban J connectivity index is 1.82. The van der Waals surface area contributed by atoms with E-state index in [0.29, 0.717) is 22.6 Å².